The molecule has 1 heterocycles. The van der Waals surface area contributed by atoms with Gasteiger partial charge in [-0.3, -0.25) is 4.79 Å². The molecule has 0 saturated heterocycles. The Balaban J connectivity index is 2.37. The van der Waals surface area contributed by atoms with Crippen molar-refractivity contribution >= 4 is 34.5 Å². The molecule has 0 saturated carbocycles. The number of carbonyl (C=O) groups excluding carboxylic acids is 1. The first-order valence-electron chi connectivity index (χ1n) is 8.33. The number of para-hydroxylation sites is 1. The quantitative estimate of drug-likeness (QED) is 0.663. The first-order valence-corrected chi connectivity index (χ1v) is 9.58. The zero-order valence-electron chi connectivity index (χ0n) is 14.6. The lowest BCUT2D eigenvalue weighted by Gasteiger charge is -2.26. The average molecular weight is 366 g/mol. The Hall–Kier alpha value is -1.46. The number of hydrogen-bond acceptors (Lipinski definition) is 4. The van der Waals surface area contributed by atoms with E-state index in [1.165, 1.54) is 0 Å². The Kier molecular flexibility index (Phi) is 6.75. The summed E-state index contributed by atoms with van der Waals surface area (Å²) in [5, 5.41) is 9.77. The van der Waals surface area contributed by atoms with Crippen molar-refractivity contribution in [1.82, 2.24) is 10.2 Å². The van der Waals surface area contributed by atoms with Crippen LogP contribution in [0, 0.1) is 0 Å². The van der Waals surface area contributed by atoms with Crippen LogP contribution in [0.4, 0.5) is 5.69 Å². The predicted molar refractivity (Wildman–Crippen MR) is 101 cm³/mol. The van der Waals surface area contributed by atoms with E-state index >= 15 is 0 Å². The lowest BCUT2D eigenvalue weighted by Crippen LogP contribution is -2.36. The van der Waals surface area contributed by atoms with Crippen molar-refractivity contribution < 1.29 is 4.79 Å². The first-order chi connectivity index (χ1) is 11.5. The molecule has 0 N–H and O–H groups in total. The van der Waals surface area contributed by atoms with E-state index in [1.54, 1.807) is 16.2 Å². The standard InChI is InChI=1S/C18H24ClN3OS/c1-5-13-9-7-8-10-15(13)22(18(23)14(19)6-2)11-16-20-21-17(24-16)12(3)4/h7-10,12,14H,5-6,11H2,1-4H3. The van der Waals surface area contributed by atoms with Crippen molar-refractivity contribution in [3.8, 4) is 0 Å². The summed E-state index contributed by atoms with van der Waals surface area (Å²) in [6.45, 7) is 8.59. The van der Waals surface area contributed by atoms with Gasteiger partial charge in [0.15, 0.2) is 0 Å². The highest BCUT2D eigenvalue weighted by Gasteiger charge is 2.25. The average Bonchev–Trinajstić information content (AvgIpc) is 3.07. The summed E-state index contributed by atoms with van der Waals surface area (Å²) in [6.07, 6.45) is 1.45. The van der Waals surface area contributed by atoms with E-state index in [0.29, 0.717) is 18.9 Å². The molecule has 130 valence electrons. The van der Waals surface area contributed by atoms with E-state index in [-0.39, 0.29) is 5.91 Å². The van der Waals surface area contributed by atoms with Crippen molar-refractivity contribution in [2.24, 2.45) is 0 Å². The second-order valence-corrected chi connectivity index (χ2v) is 7.59. The van der Waals surface area contributed by atoms with Crippen molar-refractivity contribution in [3.63, 3.8) is 0 Å². The molecule has 0 fully saturated rings. The molecule has 1 atom stereocenters. The fourth-order valence-electron chi connectivity index (χ4n) is 2.40. The lowest BCUT2D eigenvalue weighted by atomic mass is 10.1. The van der Waals surface area contributed by atoms with E-state index in [9.17, 15) is 4.79 Å². The maximum Gasteiger partial charge on any atom is 0.245 e. The second kappa shape index (κ2) is 8.58. The molecule has 1 unspecified atom stereocenters. The topological polar surface area (TPSA) is 46.1 Å². The molecule has 0 bridgehead atoms. The first kappa shape index (κ1) is 18.9. The van der Waals surface area contributed by atoms with E-state index in [0.717, 1.165) is 27.7 Å². The molecule has 6 heteroatoms. The number of rotatable bonds is 7. The Morgan fingerprint density at radius 2 is 1.96 bits per heavy atom. The van der Waals surface area contributed by atoms with Crippen LogP contribution in [0.25, 0.3) is 0 Å². The van der Waals surface area contributed by atoms with E-state index in [1.807, 2.05) is 31.2 Å². The van der Waals surface area contributed by atoms with Crippen LogP contribution in [0.3, 0.4) is 0 Å². The number of hydrogen-bond donors (Lipinski definition) is 0. The van der Waals surface area contributed by atoms with Crippen molar-refractivity contribution in [3.05, 3.63) is 39.8 Å². The summed E-state index contributed by atoms with van der Waals surface area (Å²) in [6, 6.07) is 7.96. The van der Waals surface area contributed by atoms with Crippen molar-refractivity contribution in [2.75, 3.05) is 4.90 Å². The molecule has 1 aromatic carbocycles. The van der Waals surface area contributed by atoms with Gasteiger partial charge in [-0.15, -0.1) is 21.8 Å². The Labute approximate surface area is 152 Å². The Bertz CT molecular complexity index is 686. The molecule has 1 amide bonds. The maximum atomic E-state index is 12.8. The third-order valence-electron chi connectivity index (χ3n) is 3.83. The summed E-state index contributed by atoms with van der Waals surface area (Å²) >= 11 is 7.81. The molecule has 24 heavy (non-hydrogen) atoms. The van der Waals surface area contributed by atoms with Gasteiger partial charge in [-0.05, 0) is 24.5 Å². The number of aryl methyl sites for hydroxylation is 1. The van der Waals surface area contributed by atoms with Crippen LogP contribution in [0.2, 0.25) is 0 Å². The van der Waals surface area contributed by atoms with Gasteiger partial charge in [0.1, 0.15) is 15.4 Å². The second-order valence-electron chi connectivity index (χ2n) is 5.97. The minimum Gasteiger partial charge on any atom is -0.304 e. The van der Waals surface area contributed by atoms with Crippen LogP contribution in [-0.2, 0) is 17.8 Å². The molecular weight excluding hydrogens is 342 g/mol. The zero-order valence-corrected chi connectivity index (χ0v) is 16.2. The number of benzene rings is 1. The molecule has 0 radical (unpaired) electrons. The molecule has 0 aliphatic carbocycles. The van der Waals surface area contributed by atoms with E-state index < -0.39 is 5.38 Å². The van der Waals surface area contributed by atoms with Gasteiger partial charge in [0.25, 0.3) is 0 Å². The highest BCUT2D eigenvalue weighted by atomic mass is 35.5. The van der Waals surface area contributed by atoms with Gasteiger partial charge in [0.05, 0.1) is 6.54 Å². The fourth-order valence-corrected chi connectivity index (χ4v) is 3.35. The van der Waals surface area contributed by atoms with Crippen LogP contribution >= 0.6 is 22.9 Å². The van der Waals surface area contributed by atoms with Crippen LogP contribution in [0.5, 0.6) is 0 Å². The molecule has 0 aliphatic rings. The number of amides is 1. The third kappa shape index (κ3) is 4.33. The molecular formula is C18H24ClN3OS. The van der Waals surface area contributed by atoms with Gasteiger partial charge < -0.3 is 4.90 Å². The van der Waals surface area contributed by atoms with Crippen molar-refractivity contribution in [1.29, 1.82) is 0 Å². The Morgan fingerprint density at radius 1 is 1.25 bits per heavy atom. The van der Waals surface area contributed by atoms with Gasteiger partial charge in [-0.1, -0.05) is 57.2 Å². The SMILES string of the molecule is CCc1ccccc1N(Cc1nnc(C(C)C)s1)C(=O)C(Cl)CC. The normalized spacial score (nSPS) is 12.4. The predicted octanol–water partition coefficient (Wildman–Crippen LogP) is 4.77. The van der Waals surface area contributed by atoms with Gasteiger partial charge in [0.2, 0.25) is 5.91 Å². The van der Waals surface area contributed by atoms with Gasteiger partial charge in [-0.25, -0.2) is 0 Å². The Morgan fingerprint density at radius 3 is 2.54 bits per heavy atom. The number of halogens is 1. The molecule has 0 spiro atoms. The summed E-state index contributed by atoms with van der Waals surface area (Å²) in [7, 11) is 0. The molecule has 0 aliphatic heterocycles. The van der Waals surface area contributed by atoms with Crippen LogP contribution < -0.4 is 4.90 Å². The highest BCUT2D eigenvalue weighted by Crippen LogP contribution is 2.27. The van der Waals surface area contributed by atoms with Gasteiger partial charge in [-0.2, -0.15) is 0 Å². The number of alkyl halides is 1. The molecule has 4 nitrogen and oxygen atoms in total. The number of anilines is 1. The largest absolute Gasteiger partial charge is 0.304 e. The summed E-state index contributed by atoms with van der Waals surface area (Å²) in [4.78, 5) is 14.6. The molecule has 2 aromatic rings. The van der Waals surface area contributed by atoms with Crippen LogP contribution in [0.1, 0.15) is 55.6 Å². The number of aromatic nitrogens is 2. The van der Waals surface area contributed by atoms with Crippen LogP contribution in [0.15, 0.2) is 24.3 Å². The van der Waals surface area contributed by atoms with Crippen LogP contribution in [-0.4, -0.2) is 21.5 Å². The smallest absolute Gasteiger partial charge is 0.245 e. The van der Waals surface area contributed by atoms with E-state index in [2.05, 4.69) is 31.0 Å². The third-order valence-corrected chi connectivity index (χ3v) is 5.53. The zero-order chi connectivity index (χ0) is 17.7. The summed E-state index contributed by atoms with van der Waals surface area (Å²) in [5.74, 6) is 0.251. The monoisotopic (exact) mass is 365 g/mol. The maximum absolute atomic E-state index is 12.8. The highest BCUT2D eigenvalue weighted by molar-refractivity contribution is 7.11. The summed E-state index contributed by atoms with van der Waals surface area (Å²) < 4.78 is 0. The molecule has 1 aromatic heterocycles. The number of nitrogens with zero attached hydrogens (tertiary/aromatic N) is 3. The van der Waals surface area contributed by atoms with Gasteiger partial charge in [0, 0.05) is 11.6 Å². The lowest BCUT2D eigenvalue weighted by molar-refractivity contribution is -0.118. The van der Waals surface area contributed by atoms with Gasteiger partial charge >= 0.3 is 0 Å². The fraction of sp³-hybridized carbons (Fsp3) is 0.500. The van der Waals surface area contributed by atoms with E-state index in [4.69, 9.17) is 11.6 Å². The minimum absolute atomic E-state index is 0.0821. The minimum atomic E-state index is -0.535. The van der Waals surface area contributed by atoms with Crippen molar-refractivity contribution in [2.45, 2.75) is 58.4 Å². The summed E-state index contributed by atoms with van der Waals surface area (Å²) in [5.41, 5.74) is 2.03. The number of carbonyl (C=O) groups is 1. The molecule has 2 rings (SSSR count).